The molecule has 154 valence electrons. The Kier molecular flexibility index (Phi) is 7.83. The van der Waals surface area contributed by atoms with Crippen LogP contribution >= 0.6 is 0 Å². The molecule has 0 spiro atoms. The zero-order valence-electron chi connectivity index (χ0n) is 17.5. The molecule has 0 aliphatic carbocycles. The SMILES string of the molecule is COc1ccc(/C=C/C(=O)NC(C)C(=O)N(C)C(C)c2ccccc2OC)cc1. The molecule has 6 heteroatoms. The fraction of sp³-hybridized carbons (Fsp3) is 0.304. The first-order valence-corrected chi connectivity index (χ1v) is 9.39. The monoisotopic (exact) mass is 396 g/mol. The number of likely N-dealkylation sites (N-methyl/N-ethyl adjacent to an activating group) is 1. The number of ether oxygens (including phenoxy) is 2. The lowest BCUT2D eigenvalue weighted by atomic mass is 10.1. The van der Waals surface area contributed by atoms with Gasteiger partial charge in [-0.25, -0.2) is 0 Å². The summed E-state index contributed by atoms with van der Waals surface area (Å²) in [6.45, 7) is 3.60. The predicted octanol–water partition coefficient (Wildman–Crippen LogP) is 3.44. The van der Waals surface area contributed by atoms with Gasteiger partial charge in [0.15, 0.2) is 0 Å². The Morgan fingerprint density at radius 3 is 2.28 bits per heavy atom. The van der Waals surface area contributed by atoms with E-state index in [1.807, 2.05) is 55.5 Å². The largest absolute Gasteiger partial charge is 0.497 e. The molecule has 0 aliphatic heterocycles. The standard InChI is InChI=1S/C23H28N2O4/c1-16(24-22(26)15-12-18-10-13-19(28-4)14-11-18)23(27)25(3)17(2)20-8-6-7-9-21(20)29-5/h6-17H,1-5H3,(H,24,26)/b15-12+. The molecule has 2 atom stereocenters. The lowest BCUT2D eigenvalue weighted by molar-refractivity contribution is -0.135. The number of carbonyl (C=O) groups excluding carboxylic acids is 2. The van der Waals surface area contributed by atoms with E-state index >= 15 is 0 Å². The number of nitrogens with one attached hydrogen (secondary N) is 1. The van der Waals surface area contributed by atoms with Gasteiger partial charge in [0.1, 0.15) is 17.5 Å². The Labute approximate surface area is 172 Å². The minimum Gasteiger partial charge on any atom is -0.497 e. The molecule has 2 amide bonds. The molecule has 2 unspecified atom stereocenters. The number of methoxy groups -OCH3 is 2. The van der Waals surface area contributed by atoms with Gasteiger partial charge in [-0.1, -0.05) is 30.3 Å². The molecule has 0 fully saturated rings. The van der Waals surface area contributed by atoms with E-state index in [9.17, 15) is 9.59 Å². The first-order chi connectivity index (χ1) is 13.9. The van der Waals surface area contributed by atoms with Crippen LogP contribution in [-0.2, 0) is 9.59 Å². The highest BCUT2D eigenvalue weighted by atomic mass is 16.5. The van der Waals surface area contributed by atoms with Crippen molar-refractivity contribution < 1.29 is 19.1 Å². The number of nitrogens with zero attached hydrogens (tertiary/aromatic N) is 1. The quantitative estimate of drug-likeness (QED) is 0.694. The molecule has 1 N–H and O–H groups in total. The number of carbonyl (C=O) groups is 2. The first-order valence-electron chi connectivity index (χ1n) is 9.39. The van der Waals surface area contributed by atoms with E-state index in [4.69, 9.17) is 9.47 Å². The van der Waals surface area contributed by atoms with Crippen molar-refractivity contribution in [1.29, 1.82) is 0 Å². The summed E-state index contributed by atoms with van der Waals surface area (Å²) in [5, 5.41) is 2.72. The second-order valence-corrected chi connectivity index (χ2v) is 6.70. The Bertz CT molecular complexity index is 861. The van der Waals surface area contributed by atoms with Gasteiger partial charge in [0.2, 0.25) is 11.8 Å². The lowest BCUT2D eigenvalue weighted by Gasteiger charge is -2.29. The van der Waals surface area contributed by atoms with Gasteiger partial charge < -0.3 is 19.7 Å². The minimum absolute atomic E-state index is 0.186. The van der Waals surface area contributed by atoms with Crippen LogP contribution in [0.2, 0.25) is 0 Å². The van der Waals surface area contributed by atoms with Gasteiger partial charge in [-0.3, -0.25) is 9.59 Å². The van der Waals surface area contributed by atoms with Crippen LogP contribution < -0.4 is 14.8 Å². The molecule has 2 aromatic rings. The second-order valence-electron chi connectivity index (χ2n) is 6.70. The van der Waals surface area contributed by atoms with E-state index in [2.05, 4.69) is 5.32 Å². The number of hydrogen-bond donors (Lipinski definition) is 1. The van der Waals surface area contributed by atoms with Gasteiger partial charge >= 0.3 is 0 Å². The van der Waals surface area contributed by atoms with E-state index < -0.39 is 6.04 Å². The third-order valence-corrected chi connectivity index (χ3v) is 4.79. The molecule has 0 bridgehead atoms. The van der Waals surface area contributed by atoms with Crippen molar-refractivity contribution in [3.05, 3.63) is 65.7 Å². The Hall–Kier alpha value is -3.28. The first kappa shape index (κ1) is 22.0. The molecule has 2 aromatic carbocycles. The van der Waals surface area contributed by atoms with Crippen LogP contribution in [0.4, 0.5) is 0 Å². The Morgan fingerprint density at radius 1 is 1.00 bits per heavy atom. The van der Waals surface area contributed by atoms with Crippen LogP contribution in [0.15, 0.2) is 54.6 Å². The van der Waals surface area contributed by atoms with Crippen LogP contribution in [0.25, 0.3) is 6.08 Å². The Morgan fingerprint density at radius 2 is 1.66 bits per heavy atom. The number of hydrogen-bond acceptors (Lipinski definition) is 4. The zero-order valence-corrected chi connectivity index (χ0v) is 17.5. The molecule has 0 saturated heterocycles. The van der Waals surface area contributed by atoms with E-state index in [-0.39, 0.29) is 17.9 Å². The molecular formula is C23H28N2O4. The van der Waals surface area contributed by atoms with Gasteiger partial charge in [0.05, 0.1) is 20.3 Å². The summed E-state index contributed by atoms with van der Waals surface area (Å²) in [7, 11) is 4.92. The molecule has 0 aromatic heterocycles. The number of amides is 2. The van der Waals surface area contributed by atoms with Gasteiger partial charge in [-0.2, -0.15) is 0 Å². The molecule has 0 radical (unpaired) electrons. The highest BCUT2D eigenvalue weighted by Gasteiger charge is 2.24. The van der Waals surface area contributed by atoms with Crippen molar-refractivity contribution in [2.75, 3.05) is 21.3 Å². The van der Waals surface area contributed by atoms with E-state index in [1.165, 1.54) is 6.08 Å². The van der Waals surface area contributed by atoms with Crippen molar-refractivity contribution in [2.24, 2.45) is 0 Å². The van der Waals surface area contributed by atoms with E-state index in [1.54, 1.807) is 39.2 Å². The molecule has 0 heterocycles. The lowest BCUT2D eigenvalue weighted by Crippen LogP contribution is -2.45. The summed E-state index contributed by atoms with van der Waals surface area (Å²) in [6.07, 6.45) is 3.10. The minimum atomic E-state index is -0.662. The summed E-state index contributed by atoms with van der Waals surface area (Å²) in [5.74, 6) is 0.950. The fourth-order valence-electron chi connectivity index (χ4n) is 2.93. The fourth-order valence-corrected chi connectivity index (χ4v) is 2.93. The predicted molar refractivity (Wildman–Crippen MR) is 114 cm³/mol. The normalized spacial score (nSPS) is 12.9. The third-order valence-electron chi connectivity index (χ3n) is 4.79. The number of para-hydroxylation sites is 1. The van der Waals surface area contributed by atoms with Gasteiger partial charge in [-0.15, -0.1) is 0 Å². The van der Waals surface area contributed by atoms with Crippen LogP contribution in [0.3, 0.4) is 0 Å². The molecule has 0 aliphatic rings. The average Bonchev–Trinajstić information content (AvgIpc) is 2.76. The van der Waals surface area contributed by atoms with Crippen LogP contribution in [0.1, 0.15) is 31.0 Å². The van der Waals surface area contributed by atoms with E-state index in [0.29, 0.717) is 0 Å². The van der Waals surface area contributed by atoms with E-state index in [0.717, 1.165) is 22.6 Å². The summed E-state index contributed by atoms with van der Waals surface area (Å²) in [5.41, 5.74) is 1.77. The van der Waals surface area contributed by atoms with Gasteiger partial charge in [0.25, 0.3) is 0 Å². The van der Waals surface area contributed by atoms with Crippen molar-refractivity contribution >= 4 is 17.9 Å². The molecule has 0 saturated carbocycles. The average molecular weight is 396 g/mol. The number of benzene rings is 2. The maximum atomic E-state index is 12.8. The maximum absolute atomic E-state index is 12.8. The molecule has 6 nitrogen and oxygen atoms in total. The zero-order chi connectivity index (χ0) is 21.4. The summed E-state index contributed by atoms with van der Waals surface area (Å²) in [4.78, 5) is 26.6. The topological polar surface area (TPSA) is 67.9 Å². The molecular weight excluding hydrogens is 368 g/mol. The Balaban J connectivity index is 1.97. The summed E-state index contributed by atoms with van der Waals surface area (Å²) >= 11 is 0. The molecule has 29 heavy (non-hydrogen) atoms. The highest BCUT2D eigenvalue weighted by Crippen LogP contribution is 2.28. The molecule has 2 rings (SSSR count). The smallest absolute Gasteiger partial charge is 0.245 e. The second kappa shape index (κ2) is 10.3. The van der Waals surface area contributed by atoms with Crippen molar-refractivity contribution in [3.8, 4) is 11.5 Å². The van der Waals surface area contributed by atoms with Crippen LogP contribution in [0.5, 0.6) is 11.5 Å². The maximum Gasteiger partial charge on any atom is 0.245 e. The van der Waals surface area contributed by atoms with Crippen LogP contribution in [0, 0.1) is 0 Å². The van der Waals surface area contributed by atoms with Crippen molar-refractivity contribution in [2.45, 2.75) is 25.9 Å². The van der Waals surface area contributed by atoms with Gasteiger partial charge in [0, 0.05) is 18.7 Å². The van der Waals surface area contributed by atoms with Crippen molar-refractivity contribution in [1.82, 2.24) is 10.2 Å². The van der Waals surface area contributed by atoms with Crippen molar-refractivity contribution in [3.63, 3.8) is 0 Å². The summed E-state index contributed by atoms with van der Waals surface area (Å²) < 4.78 is 10.5. The van der Waals surface area contributed by atoms with Crippen LogP contribution in [-0.4, -0.2) is 44.0 Å². The number of rotatable bonds is 8. The third kappa shape index (κ3) is 5.85. The summed E-state index contributed by atoms with van der Waals surface area (Å²) in [6, 6.07) is 14.0. The van der Waals surface area contributed by atoms with Gasteiger partial charge in [-0.05, 0) is 43.7 Å². The highest BCUT2D eigenvalue weighted by molar-refractivity contribution is 5.95.